The molecule has 3 aromatic carbocycles. The highest BCUT2D eigenvalue weighted by Gasteiger charge is 2.14. The Morgan fingerprint density at radius 2 is 1.60 bits per heavy atom. The third-order valence-corrected chi connectivity index (χ3v) is 4.86. The van der Waals surface area contributed by atoms with Crippen LogP contribution in [0.2, 0.25) is 0 Å². The van der Waals surface area contributed by atoms with Crippen LogP contribution in [0.15, 0.2) is 100 Å². The van der Waals surface area contributed by atoms with Gasteiger partial charge in [0.2, 0.25) is 0 Å². The van der Waals surface area contributed by atoms with Crippen molar-refractivity contribution >= 4 is 11.0 Å². The largest absolute Gasteiger partial charge is 0.486 e. The maximum absolute atomic E-state index is 11.9. The van der Waals surface area contributed by atoms with Crippen LogP contribution in [-0.4, -0.2) is 7.05 Å². The van der Waals surface area contributed by atoms with Crippen molar-refractivity contribution < 1.29 is 9.15 Å². The SMILES string of the molecule is CN.O=c1ccoc2cc(OC(CCCc3ccccc3)c3ccccc3)ccc12. The molecule has 4 nitrogen and oxygen atoms in total. The van der Waals surface area contributed by atoms with Gasteiger partial charge >= 0.3 is 0 Å². The van der Waals surface area contributed by atoms with E-state index in [9.17, 15) is 4.79 Å². The molecule has 30 heavy (non-hydrogen) atoms. The monoisotopic (exact) mass is 401 g/mol. The number of ether oxygens (including phenoxy) is 1. The molecule has 0 aliphatic carbocycles. The summed E-state index contributed by atoms with van der Waals surface area (Å²) in [4.78, 5) is 11.9. The molecule has 0 spiro atoms. The Kier molecular flexibility index (Phi) is 7.81. The predicted molar refractivity (Wildman–Crippen MR) is 122 cm³/mol. The van der Waals surface area contributed by atoms with Crippen molar-refractivity contribution in [1.82, 2.24) is 0 Å². The van der Waals surface area contributed by atoms with Crippen LogP contribution in [0.1, 0.15) is 30.1 Å². The van der Waals surface area contributed by atoms with E-state index in [0.29, 0.717) is 16.7 Å². The van der Waals surface area contributed by atoms with Gasteiger partial charge in [-0.1, -0.05) is 60.7 Å². The highest BCUT2D eigenvalue weighted by Crippen LogP contribution is 2.28. The molecule has 0 fully saturated rings. The minimum atomic E-state index is -0.0576. The molecular weight excluding hydrogens is 374 g/mol. The first kappa shape index (κ1) is 21.3. The fourth-order valence-electron chi connectivity index (χ4n) is 3.40. The zero-order chi connectivity index (χ0) is 21.2. The van der Waals surface area contributed by atoms with Gasteiger partial charge in [0.1, 0.15) is 17.4 Å². The Bertz CT molecular complexity index is 1090. The van der Waals surface area contributed by atoms with Crippen molar-refractivity contribution in [2.24, 2.45) is 5.73 Å². The number of nitrogens with two attached hydrogens (primary N) is 1. The number of hydrogen-bond acceptors (Lipinski definition) is 4. The van der Waals surface area contributed by atoms with E-state index in [1.807, 2.05) is 30.3 Å². The second-order valence-electron chi connectivity index (χ2n) is 6.84. The second kappa shape index (κ2) is 11.0. The quantitative estimate of drug-likeness (QED) is 0.443. The first-order valence-electron chi connectivity index (χ1n) is 10.1. The fraction of sp³-hybridized carbons (Fsp3) is 0.192. The van der Waals surface area contributed by atoms with Gasteiger partial charge in [0.05, 0.1) is 11.6 Å². The second-order valence-corrected chi connectivity index (χ2v) is 6.84. The van der Waals surface area contributed by atoms with Gasteiger partial charge in [0, 0.05) is 12.1 Å². The van der Waals surface area contributed by atoms with E-state index < -0.39 is 0 Å². The van der Waals surface area contributed by atoms with Gasteiger partial charge in [0.15, 0.2) is 5.43 Å². The Balaban J connectivity index is 0.00000124. The zero-order valence-corrected chi connectivity index (χ0v) is 17.2. The van der Waals surface area contributed by atoms with Crippen molar-refractivity contribution in [2.75, 3.05) is 7.05 Å². The summed E-state index contributed by atoms with van der Waals surface area (Å²) < 4.78 is 11.8. The van der Waals surface area contributed by atoms with Crippen LogP contribution >= 0.6 is 0 Å². The van der Waals surface area contributed by atoms with Crippen molar-refractivity contribution in [3.63, 3.8) is 0 Å². The summed E-state index contributed by atoms with van der Waals surface area (Å²) in [5.41, 5.74) is 7.48. The standard InChI is InChI=1S/C25H22O3.CH5N/c26-23-16-17-27-25-18-21(14-15-22(23)25)28-24(20-11-5-2-6-12-20)13-7-10-19-8-3-1-4-9-19;1-2/h1-6,8-9,11-12,14-18,24H,7,10,13H2;2H2,1H3. The lowest BCUT2D eigenvalue weighted by atomic mass is 10.0. The molecule has 1 atom stereocenters. The van der Waals surface area contributed by atoms with Gasteiger partial charge in [-0.05, 0) is 49.6 Å². The fourth-order valence-corrected chi connectivity index (χ4v) is 3.40. The number of benzene rings is 3. The third kappa shape index (κ3) is 5.58. The molecule has 2 N–H and O–H groups in total. The van der Waals surface area contributed by atoms with Crippen LogP contribution in [0, 0.1) is 0 Å². The van der Waals surface area contributed by atoms with E-state index in [4.69, 9.17) is 9.15 Å². The average molecular weight is 402 g/mol. The topological polar surface area (TPSA) is 65.5 Å². The van der Waals surface area contributed by atoms with E-state index in [-0.39, 0.29) is 11.5 Å². The van der Waals surface area contributed by atoms with E-state index in [1.165, 1.54) is 24.9 Å². The van der Waals surface area contributed by atoms with Crippen molar-refractivity contribution in [1.29, 1.82) is 0 Å². The highest BCUT2D eigenvalue weighted by atomic mass is 16.5. The molecule has 0 radical (unpaired) electrons. The number of fused-ring (bicyclic) bond motifs is 1. The van der Waals surface area contributed by atoms with E-state index in [0.717, 1.165) is 24.8 Å². The van der Waals surface area contributed by atoms with E-state index in [1.54, 1.807) is 12.1 Å². The molecule has 4 aromatic rings. The summed E-state index contributed by atoms with van der Waals surface area (Å²) in [6.45, 7) is 0. The maximum atomic E-state index is 11.9. The van der Waals surface area contributed by atoms with E-state index >= 15 is 0 Å². The van der Waals surface area contributed by atoms with Crippen LogP contribution < -0.4 is 15.9 Å². The lowest BCUT2D eigenvalue weighted by Gasteiger charge is -2.20. The maximum Gasteiger partial charge on any atom is 0.192 e. The molecule has 0 amide bonds. The average Bonchev–Trinajstić information content (AvgIpc) is 2.81. The van der Waals surface area contributed by atoms with Crippen LogP contribution in [0.4, 0.5) is 0 Å². The van der Waals surface area contributed by atoms with Crippen molar-refractivity contribution in [3.8, 4) is 5.75 Å². The Labute approximate surface area is 176 Å². The lowest BCUT2D eigenvalue weighted by Crippen LogP contribution is -2.08. The van der Waals surface area contributed by atoms with Gasteiger partial charge in [-0.15, -0.1) is 0 Å². The molecule has 0 saturated carbocycles. The molecule has 154 valence electrons. The normalized spacial score (nSPS) is 11.4. The van der Waals surface area contributed by atoms with Gasteiger partial charge in [-0.2, -0.15) is 0 Å². The molecule has 4 rings (SSSR count). The first-order chi connectivity index (χ1) is 14.8. The number of hydrogen-bond donors (Lipinski definition) is 1. The Hall–Kier alpha value is -3.37. The van der Waals surface area contributed by atoms with Crippen LogP contribution in [-0.2, 0) is 6.42 Å². The van der Waals surface area contributed by atoms with Crippen molar-refractivity contribution in [2.45, 2.75) is 25.4 Å². The summed E-state index contributed by atoms with van der Waals surface area (Å²) in [7, 11) is 1.50. The summed E-state index contributed by atoms with van der Waals surface area (Å²) in [5.74, 6) is 0.704. The van der Waals surface area contributed by atoms with Gasteiger partial charge < -0.3 is 14.9 Å². The molecule has 4 heteroatoms. The molecule has 0 saturated heterocycles. The summed E-state index contributed by atoms with van der Waals surface area (Å²) in [6.07, 6.45) is 4.29. The Morgan fingerprint density at radius 3 is 2.33 bits per heavy atom. The van der Waals surface area contributed by atoms with Crippen LogP contribution in [0.5, 0.6) is 5.75 Å². The van der Waals surface area contributed by atoms with Gasteiger partial charge in [-0.25, -0.2) is 0 Å². The predicted octanol–water partition coefficient (Wildman–Crippen LogP) is 5.51. The molecule has 1 heterocycles. The summed E-state index contributed by atoms with van der Waals surface area (Å²) >= 11 is 0. The number of aryl methyl sites for hydroxylation is 1. The molecule has 0 aliphatic rings. The molecule has 1 aromatic heterocycles. The Morgan fingerprint density at radius 1 is 0.900 bits per heavy atom. The molecule has 0 bridgehead atoms. The minimum Gasteiger partial charge on any atom is -0.486 e. The zero-order valence-electron chi connectivity index (χ0n) is 17.2. The lowest BCUT2D eigenvalue weighted by molar-refractivity contribution is 0.192. The molecule has 0 aliphatic heterocycles. The first-order valence-corrected chi connectivity index (χ1v) is 10.1. The van der Waals surface area contributed by atoms with Crippen LogP contribution in [0.25, 0.3) is 11.0 Å². The van der Waals surface area contributed by atoms with Gasteiger partial charge in [0.25, 0.3) is 0 Å². The highest BCUT2D eigenvalue weighted by molar-refractivity contribution is 5.77. The van der Waals surface area contributed by atoms with Crippen LogP contribution in [0.3, 0.4) is 0 Å². The molecular formula is C26H27NO3. The van der Waals surface area contributed by atoms with Gasteiger partial charge in [-0.3, -0.25) is 4.79 Å². The summed E-state index contributed by atoms with van der Waals surface area (Å²) in [5, 5.41) is 0.565. The number of rotatable bonds is 7. The minimum absolute atomic E-state index is 0.0460. The molecule has 1 unspecified atom stereocenters. The summed E-state index contributed by atoms with van der Waals surface area (Å²) in [6, 6.07) is 27.6. The van der Waals surface area contributed by atoms with E-state index in [2.05, 4.69) is 42.1 Å². The third-order valence-electron chi connectivity index (χ3n) is 4.86. The van der Waals surface area contributed by atoms with Crippen molar-refractivity contribution in [3.05, 3.63) is 113 Å². The smallest absolute Gasteiger partial charge is 0.192 e.